The zero-order valence-electron chi connectivity index (χ0n) is 13.3. The average molecular weight is 282 g/mol. The number of hydrogen-bond acceptors (Lipinski definition) is 4. The van der Waals surface area contributed by atoms with Crippen molar-refractivity contribution < 1.29 is 13.9 Å². The second-order valence-corrected chi connectivity index (χ2v) is 6.03. The minimum Gasteiger partial charge on any atom is -0.465 e. The molecule has 1 heterocycles. The van der Waals surface area contributed by atoms with Crippen molar-refractivity contribution in [2.24, 2.45) is 0 Å². The van der Waals surface area contributed by atoms with Gasteiger partial charge in [0.05, 0.1) is 6.04 Å². The van der Waals surface area contributed by atoms with Crippen molar-refractivity contribution in [1.29, 1.82) is 0 Å². The predicted octanol–water partition coefficient (Wildman–Crippen LogP) is 3.11. The lowest BCUT2D eigenvalue weighted by Gasteiger charge is -2.25. The molecule has 1 aromatic rings. The number of amides is 1. The molecule has 0 spiro atoms. The summed E-state index contributed by atoms with van der Waals surface area (Å²) in [5, 5.41) is 3.32. The van der Waals surface area contributed by atoms with Crippen LogP contribution in [0.15, 0.2) is 16.5 Å². The maximum atomic E-state index is 11.8. The van der Waals surface area contributed by atoms with Crippen LogP contribution in [0.4, 0.5) is 4.79 Å². The molecule has 1 amide bonds. The van der Waals surface area contributed by atoms with Crippen LogP contribution < -0.4 is 5.32 Å². The molecule has 0 aliphatic carbocycles. The van der Waals surface area contributed by atoms with Crippen LogP contribution >= 0.6 is 0 Å². The maximum Gasteiger partial charge on any atom is 0.410 e. The van der Waals surface area contributed by atoms with Gasteiger partial charge in [-0.3, -0.25) is 0 Å². The van der Waals surface area contributed by atoms with Gasteiger partial charge in [-0.25, -0.2) is 4.79 Å². The summed E-state index contributed by atoms with van der Waals surface area (Å²) in [7, 11) is 1.73. The summed E-state index contributed by atoms with van der Waals surface area (Å²) >= 11 is 0. The maximum absolute atomic E-state index is 11.8. The number of ether oxygens (including phenoxy) is 1. The molecule has 1 N–H and O–H groups in total. The Hall–Kier alpha value is -1.49. The van der Waals surface area contributed by atoms with Crippen molar-refractivity contribution >= 4 is 6.09 Å². The van der Waals surface area contributed by atoms with Gasteiger partial charge >= 0.3 is 6.09 Å². The molecule has 1 aromatic heterocycles. The van der Waals surface area contributed by atoms with Crippen LogP contribution in [0.5, 0.6) is 0 Å². The van der Waals surface area contributed by atoms with Gasteiger partial charge in [-0.2, -0.15) is 0 Å². The van der Waals surface area contributed by atoms with Crippen LogP contribution in [0, 0.1) is 6.92 Å². The standard InChI is InChI=1S/C15H26N2O3/c1-11-7-8-13(19-11)12(2)16-9-10-17(6)14(18)20-15(3,4)5/h7-8,12,16H,9-10H2,1-6H3. The molecule has 0 aromatic carbocycles. The van der Waals surface area contributed by atoms with Crippen molar-refractivity contribution in [3.8, 4) is 0 Å². The molecule has 0 fully saturated rings. The molecule has 1 unspecified atom stereocenters. The molecule has 114 valence electrons. The fourth-order valence-corrected chi connectivity index (χ4v) is 1.67. The molecule has 0 radical (unpaired) electrons. The Morgan fingerprint density at radius 1 is 1.45 bits per heavy atom. The van der Waals surface area contributed by atoms with E-state index in [1.165, 1.54) is 0 Å². The van der Waals surface area contributed by atoms with E-state index in [4.69, 9.17) is 9.15 Å². The summed E-state index contributed by atoms with van der Waals surface area (Å²) in [6.45, 7) is 10.8. The summed E-state index contributed by atoms with van der Waals surface area (Å²) in [5.74, 6) is 1.81. The number of rotatable bonds is 5. The number of carbonyl (C=O) groups is 1. The van der Waals surface area contributed by atoms with Crippen LogP contribution in [-0.4, -0.2) is 36.7 Å². The Bertz CT molecular complexity index is 435. The summed E-state index contributed by atoms with van der Waals surface area (Å²) < 4.78 is 10.8. The van der Waals surface area contributed by atoms with Crippen molar-refractivity contribution in [3.05, 3.63) is 23.7 Å². The number of hydrogen-bond donors (Lipinski definition) is 1. The number of nitrogens with one attached hydrogen (secondary N) is 1. The Kier molecular flexibility index (Phi) is 5.62. The van der Waals surface area contributed by atoms with E-state index in [2.05, 4.69) is 5.32 Å². The molecule has 0 aliphatic rings. The van der Waals surface area contributed by atoms with Gasteiger partial charge in [0.25, 0.3) is 0 Å². The Balaban J connectivity index is 2.31. The van der Waals surface area contributed by atoms with Crippen molar-refractivity contribution in [2.45, 2.75) is 46.3 Å². The fraction of sp³-hybridized carbons (Fsp3) is 0.667. The van der Waals surface area contributed by atoms with Crippen LogP contribution in [0.25, 0.3) is 0 Å². The van der Waals surface area contributed by atoms with Gasteiger partial charge in [-0.1, -0.05) is 0 Å². The molecule has 5 heteroatoms. The Labute approximate surface area is 121 Å². The first-order valence-corrected chi connectivity index (χ1v) is 6.93. The molecule has 1 rings (SSSR count). The van der Waals surface area contributed by atoms with E-state index in [0.717, 1.165) is 11.5 Å². The lowest BCUT2D eigenvalue weighted by molar-refractivity contribution is 0.0299. The summed E-state index contributed by atoms with van der Waals surface area (Å²) in [4.78, 5) is 13.3. The first-order chi connectivity index (χ1) is 9.19. The van der Waals surface area contributed by atoms with Crippen molar-refractivity contribution in [3.63, 3.8) is 0 Å². The average Bonchev–Trinajstić information content (AvgIpc) is 2.73. The normalized spacial score (nSPS) is 13.1. The van der Waals surface area contributed by atoms with Gasteiger partial charge in [0, 0.05) is 20.1 Å². The fourth-order valence-electron chi connectivity index (χ4n) is 1.67. The van der Waals surface area contributed by atoms with Crippen molar-refractivity contribution in [2.75, 3.05) is 20.1 Å². The highest BCUT2D eigenvalue weighted by atomic mass is 16.6. The van der Waals surface area contributed by atoms with Gasteiger partial charge in [-0.15, -0.1) is 0 Å². The summed E-state index contributed by atoms with van der Waals surface area (Å²) in [6.07, 6.45) is -0.305. The van der Waals surface area contributed by atoms with E-state index < -0.39 is 5.60 Å². The summed E-state index contributed by atoms with van der Waals surface area (Å²) in [6, 6.07) is 4.03. The molecule has 0 aliphatic heterocycles. The van der Waals surface area contributed by atoms with Crippen LogP contribution in [0.1, 0.15) is 45.3 Å². The third-order valence-electron chi connectivity index (χ3n) is 2.79. The second kappa shape index (κ2) is 6.79. The van der Waals surface area contributed by atoms with Gasteiger partial charge in [0.2, 0.25) is 0 Å². The largest absolute Gasteiger partial charge is 0.465 e. The molecular formula is C15H26N2O3. The third kappa shape index (κ3) is 5.65. The number of aryl methyl sites for hydroxylation is 1. The first kappa shape index (κ1) is 16.6. The molecule has 0 saturated carbocycles. The van der Waals surface area contributed by atoms with Crippen LogP contribution in [-0.2, 0) is 4.74 Å². The minimum atomic E-state index is -0.461. The quantitative estimate of drug-likeness (QED) is 0.901. The van der Waals surface area contributed by atoms with Gasteiger partial charge in [-0.05, 0) is 46.8 Å². The van der Waals surface area contributed by atoms with E-state index >= 15 is 0 Å². The molecule has 0 bridgehead atoms. The number of likely N-dealkylation sites (N-methyl/N-ethyl adjacent to an activating group) is 1. The van der Waals surface area contributed by atoms with Crippen LogP contribution in [0.2, 0.25) is 0 Å². The zero-order chi connectivity index (χ0) is 15.3. The number of carbonyl (C=O) groups excluding carboxylic acids is 1. The minimum absolute atomic E-state index is 0.121. The highest BCUT2D eigenvalue weighted by Crippen LogP contribution is 2.15. The molecule has 20 heavy (non-hydrogen) atoms. The van der Waals surface area contributed by atoms with Gasteiger partial charge in [0.1, 0.15) is 17.1 Å². The number of nitrogens with zero attached hydrogens (tertiary/aromatic N) is 1. The first-order valence-electron chi connectivity index (χ1n) is 6.93. The SMILES string of the molecule is Cc1ccc(C(C)NCCN(C)C(=O)OC(C)(C)C)o1. The molecule has 1 atom stereocenters. The monoisotopic (exact) mass is 282 g/mol. The Morgan fingerprint density at radius 2 is 2.10 bits per heavy atom. The highest BCUT2D eigenvalue weighted by Gasteiger charge is 2.19. The molecule has 5 nitrogen and oxygen atoms in total. The van der Waals surface area contributed by atoms with Gasteiger partial charge < -0.3 is 19.4 Å². The zero-order valence-corrected chi connectivity index (χ0v) is 13.3. The molecule has 0 saturated heterocycles. The Morgan fingerprint density at radius 3 is 2.60 bits per heavy atom. The summed E-state index contributed by atoms with van der Waals surface area (Å²) in [5.41, 5.74) is -0.461. The smallest absolute Gasteiger partial charge is 0.410 e. The van der Waals surface area contributed by atoms with E-state index in [0.29, 0.717) is 13.1 Å². The number of furan rings is 1. The highest BCUT2D eigenvalue weighted by molar-refractivity contribution is 5.67. The molecular weight excluding hydrogens is 256 g/mol. The lowest BCUT2D eigenvalue weighted by Crippen LogP contribution is -2.38. The predicted molar refractivity (Wildman–Crippen MR) is 78.7 cm³/mol. The topological polar surface area (TPSA) is 54.7 Å². The van der Waals surface area contributed by atoms with Crippen LogP contribution in [0.3, 0.4) is 0 Å². The van der Waals surface area contributed by atoms with Crippen molar-refractivity contribution in [1.82, 2.24) is 10.2 Å². The van der Waals surface area contributed by atoms with Gasteiger partial charge in [0.15, 0.2) is 0 Å². The van der Waals surface area contributed by atoms with E-state index in [9.17, 15) is 4.79 Å². The third-order valence-corrected chi connectivity index (χ3v) is 2.79. The van der Waals surface area contributed by atoms with E-state index in [1.807, 2.05) is 46.8 Å². The lowest BCUT2D eigenvalue weighted by atomic mass is 10.2. The van der Waals surface area contributed by atoms with E-state index in [-0.39, 0.29) is 12.1 Å². The second-order valence-electron chi connectivity index (χ2n) is 6.03. The van der Waals surface area contributed by atoms with E-state index in [1.54, 1.807) is 11.9 Å².